The van der Waals surface area contributed by atoms with Crippen LogP contribution in [0, 0.1) is 34.5 Å². The highest BCUT2D eigenvalue weighted by Crippen LogP contribution is 2.69. The van der Waals surface area contributed by atoms with Crippen LogP contribution in [0.5, 0.6) is 46.0 Å². The molecule has 10 aliphatic carbocycles. The lowest BCUT2D eigenvalue weighted by molar-refractivity contribution is -0.0756. The first-order chi connectivity index (χ1) is 66.9. The Hall–Kier alpha value is -13.5. The summed E-state index contributed by atoms with van der Waals surface area (Å²) in [6.45, 7) is 3.33. The molecule has 0 saturated heterocycles. The molecular formula is C122H112N4O10. The van der Waals surface area contributed by atoms with E-state index in [-0.39, 0.29) is 86.6 Å². The van der Waals surface area contributed by atoms with Gasteiger partial charge in [0.2, 0.25) is 0 Å². The van der Waals surface area contributed by atoms with E-state index in [1.54, 1.807) is 0 Å². The number of amides is 4. The zero-order chi connectivity index (χ0) is 90.0. The van der Waals surface area contributed by atoms with Crippen LogP contribution in [0.15, 0.2) is 243 Å². The van der Waals surface area contributed by atoms with Crippen molar-refractivity contribution in [3.05, 3.63) is 343 Å². The molecule has 8 saturated carbocycles. The molecular weight excluding hydrogens is 1680 g/mol. The van der Waals surface area contributed by atoms with Gasteiger partial charge in [0.1, 0.15) is 98.9 Å². The van der Waals surface area contributed by atoms with Crippen LogP contribution in [-0.4, -0.2) is 78.0 Å². The van der Waals surface area contributed by atoms with E-state index in [1.807, 2.05) is 0 Å². The van der Waals surface area contributed by atoms with Crippen molar-refractivity contribution in [2.24, 2.45) is 34.5 Å². The van der Waals surface area contributed by atoms with E-state index in [0.717, 1.165) is 234 Å². The van der Waals surface area contributed by atoms with Crippen molar-refractivity contribution >= 4 is 88.1 Å². The number of para-hydroxylation sites is 6. The summed E-state index contributed by atoms with van der Waals surface area (Å²) < 4.78 is 61.0. The minimum atomic E-state index is -0.166. The average Bonchev–Trinajstić information content (AvgIpc) is 0.708. The zero-order valence-electron chi connectivity index (χ0n) is 77.1. The first-order valence-electron chi connectivity index (χ1n) is 50.3. The van der Waals surface area contributed by atoms with E-state index in [1.165, 1.54) is 77.8 Å². The van der Waals surface area contributed by atoms with Crippen molar-refractivity contribution in [1.29, 1.82) is 0 Å². The Bertz CT molecular complexity index is 6880. The topological polar surface area (TPSA) is 156 Å². The normalized spacial score (nSPS) is 23.2. The fourth-order valence-electron chi connectivity index (χ4n) is 29.5. The molecule has 8 atom stereocenters. The summed E-state index contributed by atoms with van der Waals surface area (Å²) in [5.41, 5.74) is 21.3. The Balaban J connectivity index is 0.597. The van der Waals surface area contributed by atoms with Gasteiger partial charge in [-0.25, -0.2) is 9.59 Å². The van der Waals surface area contributed by atoms with E-state index in [9.17, 15) is 9.59 Å². The number of anilines is 2. The molecule has 0 spiro atoms. The van der Waals surface area contributed by atoms with Gasteiger partial charge < -0.3 is 59.2 Å². The molecule has 4 unspecified atom stereocenters. The van der Waals surface area contributed by atoms with Crippen LogP contribution in [0.25, 0.3) is 64.6 Å². The van der Waals surface area contributed by atoms with Gasteiger partial charge in [0.05, 0.1) is 11.4 Å². The van der Waals surface area contributed by atoms with Gasteiger partial charge in [-0.3, -0.25) is 0 Å². The number of hydrogen-bond acceptors (Lipinski definition) is 10. The molecule has 680 valence electrons. The smallest absolute Gasteiger partial charge is 0.319 e. The number of hydrogen-bond donors (Lipinski definition) is 4. The fourth-order valence-corrected chi connectivity index (χ4v) is 29.5. The Morgan fingerprint density at radius 3 is 0.757 bits per heavy atom. The van der Waals surface area contributed by atoms with Crippen LogP contribution < -0.4 is 59.2 Å². The number of carbonyl (C=O) groups excluding carboxylic acids is 2. The second kappa shape index (κ2) is 32.7. The summed E-state index contributed by atoms with van der Waals surface area (Å²) in [6, 6.07) is 89.3. The number of rotatable bonds is 10. The highest BCUT2D eigenvalue weighted by atomic mass is 16.5. The predicted molar refractivity (Wildman–Crippen MR) is 539 cm³/mol. The second-order valence-corrected chi connectivity index (χ2v) is 42.6. The summed E-state index contributed by atoms with van der Waals surface area (Å²) in [4.78, 5) is 29.0. The van der Waals surface area contributed by atoms with E-state index in [4.69, 9.17) is 37.9 Å². The van der Waals surface area contributed by atoms with Crippen LogP contribution in [0.2, 0.25) is 0 Å². The number of nitrogens with one attached hydrogen (secondary N) is 4. The SMILES string of the molecule is O=C(NCCC12C[C@H]3C[C@@H](C1)CC(c1cc4c5c(c1)Cc1cccc6c1OCCOc1c7cccc1Cc1cccc8c1OCCOc1c(cc(C9%10C[C@@H]%11C[C@@H](CC(CCNC(=O)Nc%12ccc%13ccc%14cccc%15ccc%12c%13c%14%15)(C%11)C9)C%10)cc1C6)Cc1cccc(c1OCCOc1c(cccc1C8)Cc1cccc(c1OCCO5)C7)C4)(C3)C2)Nc1ccc2ccc3cccc4ccc1c2c34. The largest absolute Gasteiger partial charge is 0.489 e. The number of urea groups is 2. The van der Waals surface area contributed by atoms with Crippen molar-refractivity contribution < 1.29 is 47.5 Å². The zero-order valence-corrected chi connectivity index (χ0v) is 77.1. The molecule has 8 fully saturated rings. The number of fused-ring (bicyclic) bond motifs is 12. The maximum atomic E-state index is 14.5. The molecule has 14 nitrogen and oxygen atoms in total. The molecule has 16 aromatic rings. The van der Waals surface area contributed by atoms with E-state index in [0.29, 0.717) is 88.1 Å². The minimum Gasteiger partial charge on any atom is -0.489 e. The van der Waals surface area contributed by atoms with Crippen LogP contribution in [0.3, 0.4) is 0 Å². The number of ether oxygens (including phenoxy) is 8. The average molecular weight is 1790 g/mol. The second-order valence-electron chi connectivity index (χ2n) is 42.6. The quantitative estimate of drug-likeness (QED) is 0.0972. The van der Waals surface area contributed by atoms with Crippen LogP contribution in [-0.2, 0) is 62.2 Å². The van der Waals surface area contributed by atoms with Crippen LogP contribution in [0.1, 0.15) is 190 Å². The van der Waals surface area contributed by atoms with Gasteiger partial charge in [-0.2, -0.15) is 0 Å². The van der Waals surface area contributed by atoms with Gasteiger partial charge in [0.15, 0.2) is 0 Å². The number of carbonyl (C=O) groups is 2. The van der Waals surface area contributed by atoms with E-state index < -0.39 is 0 Å². The fraction of sp³-hybridized carbons (Fsp3) is 0.328. The summed E-state index contributed by atoms with van der Waals surface area (Å²) in [7, 11) is 0. The minimum absolute atomic E-state index is 0.0267. The van der Waals surface area contributed by atoms with E-state index in [2.05, 4.69) is 264 Å². The first-order valence-corrected chi connectivity index (χ1v) is 50.3. The third-order valence-corrected chi connectivity index (χ3v) is 33.9. The van der Waals surface area contributed by atoms with Gasteiger partial charge in [-0.1, -0.05) is 231 Å². The Labute approximate surface area is 793 Å². The Morgan fingerprint density at radius 1 is 0.257 bits per heavy atom. The van der Waals surface area contributed by atoms with Crippen molar-refractivity contribution in [3.63, 3.8) is 0 Å². The van der Waals surface area contributed by atoms with Gasteiger partial charge in [0, 0.05) is 75.2 Å². The third kappa shape index (κ3) is 14.3. The molecule has 16 aromatic carbocycles. The lowest BCUT2D eigenvalue weighted by atomic mass is 9.42. The maximum absolute atomic E-state index is 14.5. The van der Waals surface area contributed by atoms with Gasteiger partial charge in [0.25, 0.3) is 0 Å². The van der Waals surface area contributed by atoms with Gasteiger partial charge >= 0.3 is 12.1 Å². The summed E-state index contributed by atoms with van der Waals surface area (Å²) in [5, 5.41) is 27.7. The molecule has 0 radical (unpaired) electrons. The molecule has 14 aliphatic rings. The van der Waals surface area contributed by atoms with Gasteiger partial charge in [-0.05, 0) is 301 Å². The highest BCUT2D eigenvalue weighted by Gasteiger charge is 2.60. The molecule has 32 bridgehead atoms. The molecule has 136 heavy (non-hydrogen) atoms. The van der Waals surface area contributed by atoms with Gasteiger partial charge in [-0.15, -0.1) is 0 Å². The Kier molecular flexibility index (Phi) is 19.7. The highest BCUT2D eigenvalue weighted by molar-refractivity contribution is 6.27. The molecule has 4 N–H and O–H groups in total. The molecule has 0 aromatic heterocycles. The summed E-state index contributed by atoms with van der Waals surface area (Å²) in [5.74, 6) is 8.98. The van der Waals surface area contributed by atoms with Crippen LogP contribution in [0.4, 0.5) is 21.0 Å². The molecule has 4 heterocycles. The first kappa shape index (κ1) is 82.0. The lowest BCUT2D eigenvalue weighted by Crippen LogP contribution is -2.54. The molecule has 4 aliphatic heterocycles. The van der Waals surface area contributed by atoms with Crippen LogP contribution >= 0.6 is 0 Å². The summed E-state index contributed by atoms with van der Waals surface area (Å²) in [6.07, 6.45) is 19.6. The standard InChI is InChI=1S/C122H112N4O10/c127-117(125-103-35-31-81-27-25-77-9-1-11-79-29-33-101(103)107(81)105(77)79)123-39-37-119-63-73-49-74(64-119)68-121(67-73,71-119)99-59-95-55-91-21-7-23-93-57-97-61-100(122-69-75-50-76(70-122)66-120(65-75,72-122)38-40-124-118(128)126-104-36-32-82-28-26-78-10-2-12-80-30-34-102(104)108(82)106(78)80)62-98-58-94-24-8-22-92-56-96(60-99)115(95)135-47-45-131-111-87-17-5-18-88(111)52-84-14-4-16-86(110(84)130-42-44-134-114(92)94)54-90-20-6-19-89(112(90)132-46-48-136-116(97)98)53-85-15-3-13-83(51-87)109(85)129-41-43-133-113(91)93/h1-36,59-62,73-76H,37-58,63-72H2,(H2,123,125,127)(H2,124,126,128)/t73-,74+,75-,76+,119?,120?,121?,122?. The van der Waals surface area contributed by atoms with Crippen molar-refractivity contribution in [3.8, 4) is 46.0 Å². The number of benzene rings is 16. The third-order valence-electron chi connectivity index (χ3n) is 33.9. The van der Waals surface area contributed by atoms with Crippen molar-refractivity contribution in [1.82, 2.24) is 10.6 Å². The predicted octanol–water partition coefficient (Wildman–Crippen LogP) is 25.7. The monoisotopic (exact) mass is 1790 g/mol. The maximum Gasteiger partial charge on any atom is 0.319 e. The molecule has 4 amide bonds. The lowest BCUT2D eigenvalue weighted by Gasteiger charge is -2.63. The molecule has 14 heteroatoms. The van der Waals surface area contributed by atoms with E-state index >= 15 is 0 Å². The summed E-state index contributed by atoms with van der Waals surface area (Å²) >= 11 is 0. The molecule has 30 rings (SSSR count). The van der Waals surface area contributed by atoms with Crippen molar-refractivity contribution in [2.45, 2.75) is 152 Å². The Morgan fingerprint density at radius 2 is 0.485 bits per heavy atom. The van der Waals surface area contributed by atoms with Crippen molar-refractivity contribution in [2.75, 3.05) is 76.6 Å².